The Labute approximate surface area is 135 Å². The van der Waals surface area contributed by atoms with E-state index in [1.807, 2.05) is 62.5 Å². The second-order valence-corrected chi connectivity index (χ2v) is 5.69. The van der Waals surface area contributed by atoms with Crippen LogP contribution in [0.4, 0.5) is 0 Å². The zero-order valence-corrected chi connectivity index (χ0v) is 13.3. The van der Waals surface area contributed by atoms with E-state index in [1.165, 1.54) is 0 Å². The van der Waals surface area contributed by atoms with Gasteiger partial charge in [0.15, 0.2) is 0 Å². The van der Waals surface area contributed by atoms with Gasteiger partial charge in [-0.05, 0) is 31.0 Å². The molecule has 2 aromatic carbocycles. The minimum atomic E-state index is -0.116. The number of aromatic amines is 1. The number of H-pyrrole nitrogens is 1. The van der Waals surface area contributed by atoms with Crippen molar-refractivity contribution in [2.75, 3.05) is 0 Å². The van der Waals surface area contributed by atoms with E-state index in [-0.39, 0.29) is 5.91 Å². The zero-order chi connectivity index (χ0) is 16.2. The highest BCUT2D eigenvalue weighted by atomic mass is 16.2. The van der Waals surface area contributed by atoms with E-state index in [1.54, 1.807) is 6.21 Å². The van der Waals surface area contributed by atoms with Crippen LogP contribution in [-0.2, 0) is 11.2 Å². The normalized spacial score (nSPS) is 11.2. The Morgan fingerprint density at radius 2 is 2.04 bits per heavy atom. The maximum Gasteiger partial charge on any atom is 0.244 e. The third-order valence-electron chi connectivity index (χ3n) is 3.87. The molecular weight excluding hydrogens is 286 g/mol. The van der Waals surface area contributed by atoms with Gasteiger partial charge in [-0.25, -0.2) is 5.43 Å². The predicted octanol–water partition coefficient (Wildman–Crippen LogP) is 3.48. The van der Waals surface area contributed by atoms with Crippen LogP contribution >= 0.6 is 0 Å². The van der Waals surface area contributed by atoms with Gasteiger partial charge in [-0.2, -0.15) is 5.10 Å². The third kappa shape index (κ3) is 3.48. The van der Waals surface area contributed by atoms with Crippen LogP contribution in [0.1, 0.15) is 22.3 Å². The van der Waals surface area contributed by atoms with Gasteiger partial charge in [0, 0.05) is 22.7 Å². The average molecular weight is 305 g/mol. The van der Waals surface area contributed by atoms with Crippen molar-refractivity contribution in [2.45, 2.75) is 20.3 Å². The summed E-state index contributed by atoms with van der Waals surface area (Å²) in [5.41, 5.74) is 7.90. The van der Waals surface area contributed by atoms with E-state index in [4.69, 9.17) is 0 Å². The molecule has 0 saturated carbocycles. The van der Waals surface area contributed by atoms with Gasteiger partial charge in [0.2, 0.25) is 5.91 Å². The number of aryl methyl sites for hydroxylation is 2. The van der Waals surface area contributed by atoms with Gasteiger partial charge in [0.05, 0.1) is 12.6 Å². The fourth-order valence-electron chi connectivity index (χ4n) is 2.58. The molecule has 0 saturated heterocycles. The first-order chi connectivity index (χ1) is 11.1. The van der Waals surface area contributed by atoms with Gasteiger partial charge in [-0.15, -0.1) is 0 Å². The van der Waals surface area contributed by atoms with Crippen LogP contribution < -0.4 is 5.43 Å². The summed E-state index contributed by atoms with van der Waals surface area (Å²) < 4.78 is 0. The van der Waals surface area contributed by atoms with Crippen molar-refractivity contribution in [2.24, 2.45) is 5.10 Å². The Kier molecular flexibility index (Phi) is 4.24. The summed E-state index contributed by atoms with van der Waals surface area (Å²) in [6.45, 7) is 4.03. The van der Waals surface area contributed by atoms with Crippen molar-refractivity contribution in [3.63, 3.8) is 0 Å². The molecule has 0 spiro atoms. The number of hydrogen-bond acceptors (Lipinski definition) is 2. The standard InChI is InChI=1S/C19H19N3O/c1-13-7-8-14(2)15(9-13)10-19(23)22-21-12-16-11-20-18-6-4-3-5-17(16)18/h3-9,11-12,20H,10H2,1-2H3,(H,22,23)/b21-12-. The van der Waals surface area contributed by atoms with Crippen LogP contribution in [0.5, 0.6) is 0 Å². The minimum Gasteiger partial charge on any atom is -0.361 e. The molecule has 1 heterocycles. The van der Waals surface area contributed by atoms with Crippen LogP contribution in [0.15, 0.2) is 53.8 Å². The van der Waals surface area contributed by atoms with Crippen molar-refractivity contribution >= 4 is 23.0 Å². The number of hydrogen-bond donors (Lipinski definition) is 2. The molecule has 0 bridgehead atoms. The summed E-state index contributed by atoms with van der Waals surface area (Å²) in [6, 6.07) is 14.1. The summed E-state index contributed by atoms with van der Waals surface area (Å²) in [5.74, 6) is -0.116. The number of para-hydroxylation sites is 1. The zero-order valence-electron chi connectivity index (χ0n) is 13.3. The molecule has 0 aliphatic carbocycles. The molecule has 4 nitrogen and oxygen atoms in total. The van der Waals surface area contributed by atoms with Gasteiger partial charge >= 0.3 is 0 Å². The molecule has 3 aromatic rings. The molecule has 2 N–H and O–H groups in total. The highest BCUT2D eigenvalue weighted by molar-refractivity contribution is 5.99. The fraction of sp³-hybridized carbons (Fsp3) is 0.158. The number of carbonyl (C=O) groups is 1. The van der Waals surface area contributed by atoms with Crippen LogP contribution in [0.3, 0.4) is 0 Å². The molecule has 3 rings (SSSR count). The number of fused-ring (bicyclic) bond motifs is 1. The maximum absolute atomic E-state index is 12.0. The van der Waals surface area contributed by atoms with Crippen molar-refractivity contribution in [3.05, 3.63) is 70.9 Å². The molecule has 0 aliphatic heterocycles. The minimum absolute atomic E-state index is 0.116. The van der Waals surface area contributed by atoms with Gasteiger partial charge < -0.3 is 4.98 Å². The molecular formula is C19H19N3O. The lowest BCUT2D eigenvalue weighted by atomic mass is 10.0. The number of carbonyl (C=O) groups excluding carboxylic acids is 1. The Balaban J connectivity index is 1.66. The topological polar surface area (TPSA) is 57.2 Å². The summed E-state index contributed by atoms with van der Waals surface area (Å²) >= 11 is 0. The van der Waals surface area contributed by atoms with E-state index in [9.17, 15) is 4.79 Å². The average Bonchev–Trinajstić information content (AvgIpc) is 2.94. The Hall–Kier alpha value is -2.88. The molecule has 116 valence electrons. The predicted molar refractivity (Wildman–Crippen MR) is 93.7 cm³/mol. The van der Waals surface area contributed by atoms with Crippen molar-refractivity contribution in [3.8, 4) is 0 Å². The van der Waals surface area contributed by atoms with Gasteiger partial charge in [-0.3, -0.25) is 4.79 Å². The monoisotopic (exact) mass is 305 g/mol. The highest BCUT2D eigenvalue weighted by Gasteiger charge is 2.05. The first-order valence-electron chi connectivity index (χ1n) is 7.57. The molecule has 0 aliphatic rings. The van der Waals surface area contributed by atoms with E-state index in [2.05, 4.69) is 15.5 Å². The van der Waals surface area contributed by atoms with E-state index >= 15 is 0 Å². The van der Waals surface area contributed by atoms with E-state index in [0.717, 1.165) is 33.2 Å². The summed E-state index contributed by atoms with van der Waals surface area (Å²) in [5, 5.41) is 5.15. The summed E-state index contributed by atoms with van der Waals surface area (Å²) in [6.07, 6.45) is 3.88. The van der Waals surface area contributed by atoms with Crippen LogP contribution in [0.2, 0.25) is 0 Å². The van der Waals surface area contributed by atoms with Gasteiger partial charge in [0.25, 0.3) is 0 Å². The van der Waals surface area contributed by atoms with Gasteiger partial charge in [-0.1, -0.05) is 42.0 Å². The van der Waals surface area contributed by atoms with Crippen LogP contribution in [-0.4, -0.2) is 17.1 Å². The Morgan fingerprint density at radius 3 is 2.91 bits per heavy atom. The number of amides is 1. The van der Waals surface area contributed by atoms with E-state index < -0.39 is 0 Å². The maximum atomic E-state index is 12.0. The molecule has 0 atom stereocenters. The van der Waals surface area contributed by atoms with Gasteiger partial charge in [0.1, 0.15) is 0 Å². The largest absolute Gasteiger partial charge is 0.361 e. The molecule has 4 heteroatoms. The third-order valence-corrected chi connectivity index (χ3v) is 3.87. The fourth-order valence-corrected chi connectivity index (χ4v) is 2.58. The molecule has 1 aromatic heterocycles. The number of nitrogens with one attached hydrogen (secondary N) is 2. The summed E-state index contributed by atoms with van der Waals surface area (Å²) in [7, 11) is 0. The van der Waals surface area contributed by atoms with Crippen molar-refractivity contribution < 1.29 is 4.79 Å². The van der Waals surface area contributed by atoms with E-state index in [0.29, 0.717) is 6.42 Å². The quantitative estimate of drug-likeness (QED) is 0.563. The SMILES string of the molecule is Cc1ccc(C)c(CC(=O)N/N=C\c2c[nH]c3ccccc23)c1. The van der Waals surface area contributed by atoms with Crippen molar-refractivity contribution in [1.82, 2.24) is 10.4 Å². The summed E-state index contributed by atoms with van der Waals surface area (Å²) in [4.78, 5) is 15.2. The lowest BCUT2D eigenvalue weighted by Crippen LogP contribution is -2.20. The van der Waals surface area contributed by atoms with Crippen LogP contribution in [0, 0.1) is 13.8 Å². The lowest BCUT2D eigenvalue weighted by molar-refractivity contribution is -0.120. The first-order valence-corrected chi connectivity index (χ1v) is 7.57. The second kappa shape index (κ2) is 6.48. The highest BCUT2D eigenvalue weighted by Crippen LogP contribution is 2.15. The number of aromatic nitrogens is 1. The number of hydrazone groups is 1. The smallest absolute Gasteiger partial charge is 0.244 e. The van der Waals surface area contributed by atoms with Crippen molar-refractivity contribution in [1.29, 1.82) is 0 Å². The molecule has 0 fully saturated rings. The Bertz CT molecular complexity index is 877. The lowest BCUT2D eigenvalue weighted by Gasteiger charge is -2.05. The second-order valence-electron chi connectivity index (χ2n) is 5.69. The van der Waals surface area contributed by atoms with Crippen LogP contribution in [0.25, 0.3) is 10.9 Å². The Morgan fingerprint density at radius 1 is 1.22 bits per heavy atom. The molecule has 0 unspecified atom stereocenters. The number of nitrogens with zero attached hydrogens (tertiary/aromatic N) is 1. The molecule has 0 radical (unpaired) electrons. The molecule has 23 heavy (non-hydrogen) atoms. The number of rotatable bonds is 4. The number of benzene rings is 2. The molecule has 1 amide bonds. The first kappa shape index (κ1) is 15.0.